The summed E-state index contributed by atoms with van der Waals surface area (Å²) >= 11 is 0. The fourth-order valence-corrected chi connectivity index (χ4v) is 3.70. The zero-order valence-electron chi connectivity index (χ0n) is 14.6. The van der Waals surface area contributed by atoms with Crippen LogP contribution in [0.3, 0.4) is 0 Å². The second-order valence-corrected chi connectivity index (χ2v) is 6.71. The highest BCUT2D eigenvalue weighted by atomic mass is 19.4. The third kappa shape index (κ3) is 4.17. The standard InChI is InChI=1S/C19H25F3N2O/c1-2-25-12-6-11-24-17-10-9-15(19(20,21)22)13-16(17)23-18(24)14-7-4-3-5-8-14/h9-10,13-14H,2-8,11-12H2,1H3. The largest absolute Gasteiger partial charge is 0.416 e. The molecule has 1 aliphatic carbocycles. The molecule has 1 saturated carbocycles. The van der Waals surface area contributed by atoms with Gasteiger partial charge in [0, 0.05) is 25.7 Å². The van der Waals surface area contributed by atoms with Crippen molar-refractivity contribution in [2.75, 3.05) is 13.2 Å². The zero-order chi connectivity index (χ0) is 17.9. The van der Waals surface area contributed by atoms with Gasteiger partial charge in [0.25, 0.3) is 0 Å². The molecule has 25 heavy (non-hydrogen) atoms. The minimum Gasteiger partial charge on any atom is -0.382 e. The van der Waals surface area contributed by atoms with Gasteiger partial charge in [-0.3, -0.25) is 0 Å². The fraction of sp³-hybridized carbons (Fsp3) is 0.632. The van der Waals surface area contributed by atoms with Crippen LogP contribution in [-0.2, 0) is 17.5 Å². The Bertz CT molecular complexity index is 702. The van der Waals surface area contributed by atoms with Crippen molar-refractivity contribution in [3.8, 4) is 0 Å². The van der Waals surface area contributed by atoms with Gasteiger partial charge >= 0.3 is 6.18 Å². The van der Waals surface area contributed by atoms with Gasteiger partial charge in [-0.1, -0.05) is 19.3 Å². The number of aromatic nitrogens is 2. The molecule has 0 unspecified atom stereocenters. The smallest absolute Gasteiger partial charge is 0.382 e. The van der Waals surface area contributed by atoms with Crippen molar-refractivity contribution in [2.45, 2.75) is 64.1 Å². The molecular weight excluding hydrogens is 329 g/mol. The molecule has 0 radical (unpaired) electrons. The Balaban J connectivity index is 1.95. The van der Waals surface area contributed by atoms with E-state index in [-0.39, 0.29) is 0 Å². The van der Waals surface area contributed by atoms with E-state index in [1.807, 2.05) is 6.92 Å². The maximum Gasteiger partial charge on any atom is 0.416 e. The number of aryl methyl sites for hydroxylation is 1. The summed E-state index contributed by atoms with van der Waals surface area (Å²) in [5.41, 5.74) is 0.617. The highest BCUT2D eigenvalue weighted by Gasteiger charge is 2.31. The SMILES string of the molecule is CCOCCCn1c(C2CCCCC2)nc2cc(C(F)(F)F)ccc21. The molecule has 0 bridgehead atoms. The van der Waals surface area contributed by atoms with E-state index in [1.165, 1.54) is 25.3 Å². The molecule has 0 saturated heterocycles. The molecule has 0 aliphatic heterocycles. The third-order valence-corrected chi connectivity index (χ3v) is 4.95. The van der Waals surface area contributed by atoms with Gasteiger partial charge < -0.3 is 9.30 Å². The van der Waals surface area contributed by atoms with Crippen molar-refractivity contribution in [3.63, 3.8) is 0 Å². The molecule has 0 amide bonds. The first kappa shape index (κ1) is 18.2. The summed E-state index contributed by atoms with van der Waals surface area (Å²) in [4.78, 5) is 4.63. The topological polar surface area (TPSA) is 27.1 Å². The summed E-state index contributed by atoms with van der Waals surface area (Å²) < 4.78 is 46.6. The van der Waals surface area contributed by atoms with Gasteiger partial charge in [0.2, 0.25) is 0 Å². The van der Waals surface area contributed by atoms with Crippen molar-refractivity contribution < 1.29 is 17.9 Å². The van der Waals surface area contributed by atoms with E-state index < -0.39 is 11.7 Å². The van der Waals surface area contributed by atoms with E-state index >= 15 is 0 Å². The van der Waals surface area contributed by atoms with E-state index in [0.717, 1.165) is 43.2 Å². The number of fused-ring (bicyclic) bond motifs is 1. The van der Waals surface area contributed by atoms with Crippen LogP contribution < -0.4 is 0 Å². The number of ether oxygens (including phenoxy) is 1. The summed E-state index contributed by atoms with van der Waals surface area (Å²) in [7, 11) is 0. The second-order valence-electron chi connectivity index (χ2n) is 6.71. The van der Waals surface area contributed by atoms with E-state index in [2.05, 4.69) is 9.55 Å². The van der Waals surface area contributed by atoms with Crippen LogP contribution in [0.25, 0.3) is 11.0 Å². The Labute approximate surface area is 146 Å². The first-order valence-corrected chi connectivity index (χ1v) is 9.16. The Hall–Kier alpha value is -1.56. The van der Waals surface area contributed by atoms with Crippen molar-refractivity contribution in [1.29, 1.82) is 0 Å². The quantitative estimate of drug-likeness (QED) is 0.638. The number of halogens is 3. The van der Waals surface area contributed by atoms with Gasteiger partial charge in [0.1, 0.15) is 5.82 Å². The maximum absolute atomic E-state index is 13.0. The van der Waals surface area contributed by atoms with Gasteiger partial charge in [-0.05, 0) is 44.4 Å². The lowest BCUT2D eigenvalue weighted by molar-refractivity contribution is -0.137. The predicted molar refractivity (Wildman–Crippen MR) is 91.7 cm³/mol. The summed E-state index contributed by atoms with van der Waals surface area (Å²) in [5.74, 6) is 1.30. The van der Waals surface area contributed by atoms with Crippen LogP contribution in [0.5, 0.6) is 0 Å². The Morgan fingerprint density at radius 2 is 1.96 bits per heavy atom. The van der Waals surface area contributed by atoms with Crippen molar-refractivity contribution in [1.82, 2.24) is 9.55 Å². The van der Waals surface area contributed by atoms with E-state index in [1.54, 1.807) is 6.07 Å². The number of hydrogen-bond donors (Lipinski definition) is 0. The van der Waals surface area contributed by atoms with Crippen molar-refractivity contribution in [3.05, 3.63) is 29.6 Å². The number of imidazole rings is 1. The summed E-state index contributed by atoms with van der Waals surface area (Å²) in [6.45, 7) is 4.02. The fourth-order valence-electron chi connectivity index (χ4n) is 3.70. The lowest BCUT2D eigenvalue weighted by Gasteiger charge is -2.22. The molecule has 3 nitrogen and oxygen atoms in total. The molecule has 2 aromatic rings. The summed E-state index contributed by atoms with van der Waals surface area (Å²) in [6.07, 6.45) is 2.21. The summed E-state index contributed by atoms with van der Waals surface area (Å²) in [5, 5.41) is 0. The van der Waals surface area contributed by atoms with Gasteiger partial charge in [0.15, 0.2) is 0 Å². The first-order valence-electron chi connectivity index (χ1n) is 9.16. The van der Waals surface area contributed by atoms with Gasteiger partial charge in [0.05, 0.1) is 16.6 Å². The molecule has 3 rings (SSSR count). The molecule has 1 fully saturated rings. The van der Waals surface area contributed by atoms with Crippen LogP contribution in [0.15, 0.2) is 18.2 Å². The second kappa shape index (κ2) is 7.77. The van der Waals surface area contributed by atoms with E-state index in [4.69, 9.17) is 4.74 Å². The van der Waals surface area contributed by atoms with Crippen molar-refractivity contribution in [2.24, 2.45) is 0 Å². The zero-order valence-corrected chi connectivity index (χ0v) is 14.6. The Kier molecular flexibility index (Phi) is 5.67. The van der Waals surface area contributed by atoms with Gasteiger partial charge in [-0.25, -0.2) is 4.98 Å². The lowest BCUT2D eigenvalue weighted by Crippen LogP contribution is -2.13. The third-order valence-electron chi connectivity index (χ3n) is 4.95. The van der Waals surface area contributed by atoms with Crippen LogP contribution in [0.2, 0.25) is 0 Å². The average Bonchev–Trinajstić information content (AvgIpc) is 2.96. The molecule has 138 valence electrons. The Morgan fingerprint density at radius 3 is 2.64 bits per heavy atom. The molecule has 6 heteroatoms. The van der Waals surface area contributed by atoms with Crippen LogP contribution in [0.1, 0.15) is 62.8 Å². The lowest BCUT2D eigenvalue weighted by atomic mass is 9.88. The minimum absolute atomic E-state index is 0.350. The summed E-state index contributed by atoms with van der Waals surface area (Å²) in [6, 6.07) is 3.91. The van der Waals surface area contributed by atoms with E-state index in [9.17, 15) is 13.2 Å². The van der Waals surface area contributed by atoms with Crippen LogP contribution in [0.4, 0.5) is 13.2 Å². The minimum atomic E-state index is -4.34. The van der Waals surface area contributed by atoms with Crippen molar-refractivity contribution >= 4 is 11.0 Å². The highest BCUT2D eigenvalue weighted by Crippen LogP contribution is 2.36. The molecule has 0 atom stereocenters. The number of nitrogens with zero attached hydrogens (tertiary/aromatic N) is 2. The average molecular weight is 354 g/mol. The van der Waals surface area contributed by atoms with Gasteiger partial charge in [-0.2, -0.15) is 13.2 Å². The maximum atomic E-state index is 13.0. The molecule has 1 heterocycles. The molecule has 0 spiro atoms. The molecule has 1 aromatic heterocycles. The molecular formula is C19H25F3N2O. The Morgan fingerprint density at radius 1 is 1.20 bits per heavy atom. The molecule has 0 N–H and O–H groups in total. The number of benzene rings is 1. The van der Waals surface area contributed by atoms with Crippen LogP contribution in [0, 0.1) is 0 Å². The predicted octanol–water partition coefficient (Wildman–Crippen LogP) is 5.53. The monoisotopic (exact) mass is 354 g/mol. The van der Waals surface area contributed by atoms with Gasteiger partial charge in [-0.15, -0.1) is 0 Å². The highest BCUT2D eigenvalue weighted by molar-refractivity contribution is 5.77. The normalized spacial score (nSPS) is 16.6. The number of alkyl halides is 3. The van der Waals surface area contributed by atoms with Crippen LogP contribution in [-0.4, -0.2) is 22.8 Å². The van der Waals surface area contributed by atoms with E-state index in [0.29, 0.717) is 24.6 Å². The molecule has 1 aliphatic rings. The van der Waals surface area contributed by atoms with Crippen LogP contribution >= 0.6 is 0 Å². The number of rotatable bonds is 6. The first-order chi connectivity index (χ1) is 12.0. The number of hydrogen-bond acceptors (Lipinski definition) is 2. The molecule has 1 aromatic carbocycles.